The zero-order valence-electron chi connectivity index (χ0n) is 23.8. The molecule has 4 N–H and O–H groups in total. The molecule has 216 valence electrons. The first kappa shape index (κ1) is 30.3. The van der Waals surface area contributed by atoms with Crippen molar-refractivity contribution in [1.82, 2.24) is 15.0 Å². The molecule has 0 fully saturated rings. The average molecular weight is 588 g/mol. The number of aliphatic imine (C=N–C) groups is 1. The van der Waals surface area contributed by atoms with Crippen LogP contribution >= 0.6 is 11.3 Å². The molecule has 1 aliphatic heterocycles. The van der Waals surface area contributed by atoms with Crippen LogP contribution in [0.5, 0.6) is 5.75 Å². The molecule has 1 aliphatic carbocycles. The summed E-state index contributed by atoms with van der Waals surface area (Å²) < 4.78 is 46.4. The van der Waals surface area contributed by atoms with E-state index in [9.17, 15) is 17.9 Å². The summed E-state index contributed by atoms with van der Waals surface area (Å²) >= 11 is 1.43. The van der Waals surface area contributed by atoms with E-state index in [4.69, 9.17) is 10.5 Å². The average Bonchev–Trinajstić information content (AvgIpc) is 3.48. The summed E-state index contributed by atoms with van der Waals surface area (Å²) in [6, 6.07) is -0.583. The quantitative estimate of drug-likeness (QED) is 0.119. The molecule has 0 radical (unpaired) electrons. The predicted molar refractivity (Wildman–Crippen MR) is 156 cm³/mol. The Hall–Kier alpha value is -2.64. The Morgan fingerprint density at radius 3 is 2.65 bits per heavy atom. The summed E-state index contributed by atoms with van der Waals surface area (Å²) in [5, 5.41) is 3.44. The number of sulfonamides is 1. The molecular formula is C27H38BN5O5S2. The number of fused-ring (bicyclic) bond motifs is 2. The normalized spacial score (nSPS) is 17.0. The van der Waals surface area contributed by atoms with E-state index >= 15 is 0 Å². The van der Waals surface area contributed by atoms with Crippen LogP contribution in [0.1, 0.15) is 82.2 Å². The molecule has 0 saturated heterocycles. The van der Waals surface area contributed by atoms with Crippen molar-refractivity contribution in [3.63, 3.8) is 0 Å². The van der Waals surface area contributed by atoms with Crippen LogP contribution in [-0.2, 0) is 34.0 Å². The van der Waals surface area contributed by atoms with E-state index in [1.165, 1.54) is 11.3 Å². The second kappa shape index (κ2) is 12.1. The summed E-state index contributed by atoms with van der Waals surface area (Å²) in [5.41, 5.74) is 9.67. The number of hydrogen-bond donors (Lipinski definition) is 3. The standard InChI is InChI=1S/C27H38BN5O5S2/c1-15-16(2)24(17(3)18-11-12-27(4,5)38-23(15)18)40(36,37)33-26(29)30-13-7-9-20(31-14-28-35)22(34)25-32-19-8-6-10-21(19)39-25/h20,31H,6-14H2,1-5H3,(H3,29,30,33). The topological polar surface area (TPSA) is 153 Å². The van der Waals surface area contributed by atoms with Gasteiger partial charge in [-0.25, -0.2) is 0 Å². The monoisotopic (exact) mass is 587 g/mol. The molecule has 0 amide bonds. The molecule has 4 rings (SSSR count). The number of aryl methyl sites for hydroxylation is 2. The van der Waals surface area contributed by atoms with Gasteiger partial charge in [0, 0.05) is 0 Å². The van der Waals surface area contributed by atoms with Crippen molar-refractivity contribution in [1.29, 1.82) is 0 Å². The van der Waals surface area contributed by atoms with Gasteiger partial charge in [-0.3, -0.25) is 0 Å². The van der Waals surface area contributed by atoms with Crippen molar-refractivity contribution in [2.75, 3.05) is 13.0 Å². The number of nitrogens with two attached hydrogens (primary N) is 1. The fourth-order valence-electron chi connectivity index (χ4n) is 5.43. The van der Waals surface area contributed by atoms with Gasteiger partial charge in [0.2, 0.25) is 0 Å². The van der Waals surface area contributed by atoms with Crippen LogP contribution in [-0.4, -0.2) is 56.9 Å². The number of nitrogens with one attached hydrogen (secondary N) is 2. The third kappa shape index (κ3) is 6.47. The summed E-state index contributed by atoms with van der Waals surface area (Å²) in [5.74, 6) is 0.410. The number of rotatable bonds is 11. The Bertz CT molecular complexity index is 1430. The minimum atomic E-state index is -3.99. The van der Waals surface area contributed by atoms with Crippen LogP contribution in [0, 0.1) is 20.8 Å². The number of Topliss-reactive ketones (excluding diaryl/α,β-unsaturated/α-hetero) is 1. The van der Waals surface area contributed by atoms with Crippen LogP contribution in [0.4, 0.5) is 0 Å². The van der Waals surface area contributed by atoms with Crippen molar-refractivity contribution in [3.05, 3.63) is 37.8 Å². The van der Waals surface area contributed by atoms with Gasteiger partial charge in [0.15, 0.2) is 0 Å². The third-order valence-electron chi connectivity index (χ3n) is 7.68. The Morgan fingerprint density at radius 1 is 1.20 bits per heavy atom. The fraction of sp³-hybridized carbons (Fsp3) is 0.593. The van der Waals surface area contributed by atoms with Gasteiger partial charge < -0.3 is 4.74 Å². The number of carbonyl (C=O) groups excluding carboxylic acids is 1. The molecule has 0 bridgehead atoms. The molecular weight excluding hydrogens is 549 g/mol. The van der Waals surface area contributed by atoms with Crippen LogP contribution in [0.3, 0.4) is 0 Å². The predicted octanol–water partition coefficient (Wildman–Crippen LogP) is 2.88. The Kier molecular flexibility index (Phi) is 9.16. The number of benzene rings is 1. The number of ether oxygens (including phenoxy) is 1. The molecule has 2 aromatic rings. The second-order valence-corrected chi connectivity index (χ2v) is 13.8. The van der Waals surface area contributed by atoms with Gasteiger partial charge in [-0.1, -0.05) is 0 Å². The molecule has 10 nitrogen and oxygen atoms in total. The van der Waals surface area contributed by atoms with Crippen molar-refractivity contribution in [2.24, 2.45) is 10.7 Å². The van der Waals surface area contributed by atoms with Gasteiger partial charge in [0.25, 0.3) is 0 Å². The maximum atomic E-state index is 13.4. The first-order chi connectivity index (χ1) is 18.8. The molecule has 1 aromatic carbocycles. The molecule has 1 unspecified atom stereocenters. The Balaban J connectivity index is 1.42. The van der Waals surface area contributed by atoms with Gasteiger partial charge in [0.1, 0.15) is 11.4 Å². The smallest absolute Gasteiger partial charge is 0.487 e. The van der Waals surface area contributed by atoms with Crippen molar-refractivity contribution >= 4 is 40.3 Å². The zero-order chi connectivity index (χ0) is 29.2. The van der Waals surface area contributed by atoms with E-state index in [0.717, 1.165) is 59.6 Å². The summed E-state index contributed by atoms with van der Waals surface area (Å²) in [7, 11) is -3.28. The SMILES string of the molecule is Cc1c(C)c(S(=O)(=O)NC(N)=NCCCC(NCB=O)C(=O)c2nc3c(s2)CCC3)c(C)c2c1OC(C)(C)CC2. The van der Waals surface area contributed by atoms with Crippen LogP contribution in [0.25, 0.3) is 0 Å². The Morgan fingerprint density at radius 2 is 1.95 bits per heavy atom. The number of hydrogen-bond acceptors (Lipinski definition) is 9. The molecule has 2 aliphatic rings. The van der Waals surface area contributed by atoms with Gasteiger partial charge in [-0.15, -0.1) is 0 Å². The van der Waals surface area contributed by atoms with E-state index in [0.29, 0.717) is 36.1 Å². The summed E-state index contributed by atoms with van der Waals surface area (Å²) in [6.45, 7) is 9.72. The summed E-state index contributed by atoms with van der Waals surface area (Å²) in [4.78, 5) is 23.1. The Labute approximate surface area is 240 Å². The maximum absolute atomic E-state index is 13.4. The van der Waals surface area contributed by atoms with Crippen molar-refractivity contribution in [2.45, 2.75) is 96.1 Å². The van der Waals surface area contributed by atoms with Crippen LogP contribution < -0.4 is 20.5 Å². The summed E-state index contributed by atoms with van der Waals surface area (Å²) in [6.07, 6.45) is 5.33. The van der Waals surface area contributed by atoms with E-state index in [2.05, 4.69) is 20.0 Å². The molecule has 2 heterocycles. The van der Waals surface area contributed by atoms with E-state index in [1.54, 1.807) is 13.8 Å². The van der Waals surface area contributed by atoms with Crippen molar-refractivity contribution < 1.29 is 22.7 Å². The number of carbonyl (C=O) groups is 1. The fourth-order valence-corrected chi connectivity index (χ4v) is 8.10. The van der Waals surface area contributed by atoms with Gasteiger partial charge in [-0.2, -0.15) is 0 Å². The number of ketones is 1. The number of nitrogens with zero attached hydrogens (tertiary/aromatic N) is 2. The van der Waals surface area contributed by atoms with Crippen LogP contribution in [0.15, 0.2) is 9.89 Å². The van der Waals surface area contributed by atoms with Gasteiger partial charge in [-0.05, 0) is 58.6 Å². The molecule has 40 heavy (non-hydrogen) atoms. The second-order valence-electron chi connectivity index (χ2n) is 11.1. The third-order valence-corrected chi connectivity index (χ3v) is 10.5. The molecule has 1 aromatic heterocycles. The van der Waals surface area contributed by atoms with E-state index < -0.39 is 16.1 Å². The van der Waals surface area contributed by atoms with Crippen LogP contribution in [0.2, 0.25) is 0 Å². The number of guanidine groups is 1. The first-order valence-corrected chi connectivity index (χ1v) is 16.0. The first-order valence-electron chi connectivity index (χ1n) is 13.7. The van der Waals surface area contributed by atoms with E-state index in [-0.39, 0.29) is 35.2 Å². The molecule has 0 spiro atoms. The molecule has 1 atom stereocenters. The minimum absolute atomic E-state index is 0.0497. The van der Waals surface area contributed by atoms with Gasteiger partial charge in [0.05, 0.1) is 0 Å². The van der Waals surface area contributed by atoms with Gasteiger partial charge >= 0.3 is 167 Å². The minimum Gasteiger partial charge on any atom is -0.487 e. The number of aromatic nitrogens is 1. The van der Waals surface area contributed by atoms with E-state index in [1.807, 2.05) is 20.8 Å². The number of thiazole rings is 1. The molecule has 13 heteroatoms. The van der Waals surface area contributed by atoms with Crippen molar-refractivity contribution in [3.8, 4) is 5.75 Å². The zero-order valence-corrected chi connectivity index (χ0v) is 25.5. The molecule has 0 saturated carbocycles.